The molecule has 0 aliphatic heterocycles. The number of fused-ring (bicyclic) bond motifs is 1. The summed E-state index contributed by atoms with van der Waals surface area (Å²) in [5, 5.41) is 3.34. The lowest BCUT2D eigenvalue weighted by Crippen LogP contribution is -2.13. The highest BCUT2D eigenvalue weighted by atomic mass is 15.0. The van der Waals surface area contributed by atoms with E-state index in [4.69, 9.17) is 0 Å². The van der Waals surface area contributed by atoms with E-state index in [0.717, 1.165) is 17.9 Å². The van der Waals surface area contributed by atoms with Crippen LogP contribution in [0.2, 0.25) is 0 Å². The fourth-order valence-electron chi connectivity index (χ4n) is 2.25. The molecule has 0 aromatic heterocycles. The van der Waals surface area contributed by atoms with Gasteiger partial charge in [-0.3, -0.25) is 0 Å². The summed E-state index contributed by atoms with van der Waals surface area (Å²) in [7, 11) is 2.09. The van der Waals surface area contributed by atoms with E-state index in [1.165, 1.54) is 19.3 Å². The zero-order chi connectivity index (χ0) is 5.56. The fraction of sp³-hybridized carbons (Fsp3) is 1.00. The molecule has 46 valence electrons. The first-order valence-corrected chi connectivity index (χ1v) is 3.61. The Bertz CT molecular complexity index is 83.8. The summed E-state index contributed by atoms with van der Waals surface area (Å²) < 4.78 is 0. The molecule has 2 fully saturated rings. The van der Waals surface area contributed by atoms with Crippen molar-refractivity contribution in [1.82, 2.24) is 5.32 Å². The largest absolute Gasteiger partial charge is 0.316 e. The van der Waals surface area contributed by atoms with E-state index in [0.29, 0.717) is 0 Å². The average Bonchev–Trinajstić information content (AvgIpc) is 2.22. The van der Waals surface area contributed by atoms with Gasteiger partial charge in [0.25, 0.3) is 0 Å². The molecule has 1 unspecified atom stereocenters. The third-order valence-electron chi connectivity index (χ3n) is 2.74. The number of rotatable bonds is 1. The van der Waals surface area contributed by atoms with Gasteiger partial charge >= 0.3 is 0 Å². The van der Waals surface area contributed by atoms with Crippen LogP contribution in [0.15, 0.2) is 0 Å². The zero-order valence-electron chi connectivity index (χ0n) is 5.35. The normalized spacial score (nSPS) is 51.4. The first-order valence-electron chi connectivity index (χ1n) is 3.61. The molecule has 0 spiro atoms. The molecule has 0 saturated heterocycles. The second-order valence-electron chi connectivity index (χ2n) is 3.07. The quantitative estimate of drug-likeness (QED) is 0.532. The molecule has 2 rings (SSSR count). The Kier molecular flexibility index (Phi) is 0.884. The lowest BCUT2D eigenvalue weighted by Gasteiger charge is -1.97. The monoisotopic (exact) mass is 111 g/mol. The van der Waals surface area contributed by atoms with Gasteiger partial charge < -0.3 is 5.32 Å². The Hall–Kier alpha value is -0.0400. The summed E-state index contributed by atoms with van der Waals surface area (Å²) >= 11 is 0. The summed E-state index contributed by atoms with van der Waals surface area (Å²) in [6.07, 6.45) is 4.49. The second kappa shape index (κ2) is 1.47. The molecule has 1 nitrogen and oxygen atoms in total. The Morgan fingerprint density at radius 1 is 1.25 bits per heavy atom. The molecular formula is C7H13N. The van der Waals surface area contributed by atoms with Gasteiger partial charge in [-0.2, -0.15) is 0 Å². The number of hydrogen-bond donors (Lipinski definition) is 1. The molecule has 1 heteroatoms. The van der Waals surface area contributed by atoms with Crippen LogP contribution in [0.3, 0.4) is 0 Å². The van der Waals surface area contributed by atoms with Crippen LogP contribution in [0.25, 0.3) is 0 Å². The van der Waals surface area contributed by atoms with Crippen molar-refractivity contribution in [3.63, 3.8) is 0 Å². The van der Waals surface area contributed by atoms with Crippen molar-refractivity contribution in [3.05, 3.63) is 0 Å². The summed E-state index contributed by atoms with van der Waals surface area (Å²) in [4.78, 5) is 0. The van der Waals surface area contributed by atoms with Gasteiger partial charge in [-0.05, 0) is 31.7 Å². The topological polar surface area (TPSA) is 12.0 Å². The van der Waals surface area contributed by atoms with E-state index in [1.807, 2.05) is 0 Å². The fourth-order valence-corrected chi connectivity index (χ4v) is 2.25. The third kappa shape index (κ3) is 0.455. The van der Waals surface area contributed by atoms with Crippen molar-refractivity contribution in [1.29, 1.82) is 0 Å². The molecule has 3 atom stereocenters. The zero-order valence-corrected chi connectivity index (χ0v) is 5.35. The van der Waals surface area contributed by atoms with Gasteiger partial charge in [0.05, 0.1) is 0 Å². The Labute approximate surface area is 50.5 Å². The van der Waals surface area contributed by atoms with E-state index < -0.39 is 0 Å². The SMILES string of the molecule is CNC1[C@H]2CCC[C@@H]12. The van der Waals surface area contributed by atoms with E-state index in [1.54, 1.807) is 0 Å². The van der Waals surface area contributed by atoms with Crippen LogP contribution in [-0.2, 0) is 0 Å². The smallest absolute Gasteiger partial charge is 0.0127 e. The van der Waals surface area contributed by atoms with Gasteiger partial charge in [-0.1, -0.05) is 6.42 Å². The van der Waals surface area contributed by atoms with Crippen LogP contribution in [0.4, 0.5) is 0 Å². The third-order valence-corrected chi connectivity index (χ3v) is 2.74. The Morgan fingerprint density at radius 3 is 2.25 bits per heavy atom. The molecule has 2 aliphatic rings. The summed E-state index contributed by atoms with van der Waals surface area (Å²) in [6.45, 7) is 0. The van der Waals surface area contributed by atoms with Crippen molar-refractivity contribution in [3.8, 4) is 0 Å². The van der Waals surface area contributed by atoms with Crippen molar-refractivity contribution in [2.75, 3.05) is 7.05 Å². The first kappa shape index (κ1) is 4.80. The van der Waals surface area contributed by atoms with Gasteiger partial charge in [0.15, 0.2) is 0 Å². The molecule has 2 aliphatic carbocycles. The van der Waals surface area contributed by atoms with Crippen LogP contribution >= 0.6 is 0 Å². The van der Waals surface area contributed by atoms with Crippen LogP contribution < -0.4 is 5.32 Å². The molecule has 0 amide bonds. The first-order chi connectivity index (χ1) is 3.93. The minimum Gasteiger partial charge on any atom is -0.316 e. The highest BCUT2D eigenvalue weighted by molar-refractivity contribution is 5.05. The standard InChI is InChI=1S/C7H13N/c1-8-7-5-3-2-4-6(5)7/h5-8H,2-4H2,1H3/t5-,6+,7?. The molecule has 0 bridgehead atoms. The molecule has 0 aromatic rings. The highest BCUT2D eigenvalue weighted by Crippen LogP contribution is 2.51. The van der Waals surface area contributed by atoms with E-state index in [2.05, 4.69) is 12.4 Å². The van der Waals surface area contributed by atoms with E-state index >= 15 is 0 Å². The van der Waals surface area contributed by atoms with Crippen molar-refractivity contribution < 1.29 is 0 Å². The van der Waals surface area contributed by atoms with Crippen molar-refractivity contribution in [2.24, 2.45) is 11.8 Å². The van der Waals surface area contributed by atoms with Gasteiger partial charge in [-0.25, -0.2) is 0 Å². The lowest BCUT2D eigenvalue weighted by molar-refractivity contribution is 0.606. The van der Waals surface area contributed by atoms with E-state index in [-0.39, 0.29) is 0 Å². The van der Waals surface area contributed by atoms with Gasteiger partial charge in [0, 0.05) is 6.04 Å². The predicted molar refractivity (Wildman–Crippen MR) is 33.7 cm³/mol. The maximum atomic E-state index is 3.34. The maximum Gasteiger partial charge on any atom is 0.0127 e. The minimum absolute atomic E-state index is 0.920. The molecule has 0 aromatic carbocycles. The molecular weight excluding hydrogens is 98.1 g/mol. The van der Waals surface area contributed by atoms with Gasteiger partial charge in [0.1, 0.15) is 0 Å². The molecule has 1 N–H and O–H groups in total. The predicted octanol–water partition coefficient (Wildman–Crippen LogP) is 1.00. The van der Waals surface area contributed by atoms with Gasteiger partial charge in [0.2, 0.25) is 0 Å². The maximum absolute atomic E-state index is 3.34. The molecule has 2 saturated carbocycles. The van der Waals surface area contributed by atoms with Crippen molar-refractivity contribution >= 4 is 0 Å². The van der Waals surface area contributed by atoms with Crippen LogP contribution in [0.5, 0.6) is 0 Å². The molecule has 8 heavy (non-hydrogen) atoms. The molecule has 0 radical (unpaired) electrons. The summed E-state index contributed by atoms with van der Waals surface area (Å²) in [5.41, 5.74) is 0. The summed E-state index contributed by atoms with van der Waals surface area (Å²) in [5.74, 6) is 2.17. The minimum atomic E-state index is 0.920. The van der Waals surface area contributed by atoms with Crippen LogP contribution in [-0.4, -0.2) is 13.1 Å². The average molecular weight is 111 g/mol. The van der Waals surface area contributed by atoms with Crippen LogP contribution in [0.1, 0.15) is 19.3 Å². The number of hydrogen-bond acceptors (Lipinski definition) is 1. The number of nitrogens with one attached hydrogen (secondary N) is 1. The van der Waals surface area contributed by atoms with E-state index in [9.17, 15) is 0 Å². The van der Waals surface area contributed by atoms with Gasteiger partial charge in [-0.15, -0.1) is 0 Å². The summed E-state index contributed by atoms with van der Waals surface area (Å²) in [6, 6.07) is 0.920. The molecule has 0 heterocycles. The highest BCUT2D eigenvalue weighted by Gasteiger charge is 2.51. The van der Waals surface area contributed by atoms with Crippen LogP contribution in [0, 0.1) is 11.8 Å². The Morgan fingerprint density at radius 2 is 1.88 bits per heavy atom. The lowest BCUT2D eigenvalue weighted by atomic mass is 10.2. The van der Waals surface area contributed by atoms with Crippen molar-refractivity contribution in [2.45, 2.75) is 25.3 Å². The second-order valence-corrected chi connectivity index (χ2v) is 3.07. The Balaban J connectivity index is 1.94.